The molecule has 0 bridgehead atoms. The minimum Gasteiger partial charge on any atom is -0.259 e. The second-order valence-electron chi connectivity index (χ2n) is 5.61. The van der Waals surface area contributed by atoms with Gasteiger partial charge in [-0.05, 0) is 47.9 Å². The first kappa shape index (κ1) is 19.9. The molecule has 1 aromatic heterocycles. The Morgan fingerprint density at radius 2 is 1.92 bits per heavy atom. The van der Waals surface area contributed by atoms with Crippen molar-refractivity contribution in [3.8, 4) is 0 Å². The van der Waals surface area contributed by atoms with Crippen molar-refractivity contribution in [2.24, 2.45) is 0 Å². The molecule has 0 fully saturated rings. The number of pyridine rings is 1. The van der Waals surface area contributed by atoms with Crippen molar-refractivity contribution >= 4 is 11.6 Å². The Balaban J connectivity index is 2.58. The zero-order valence-electron chi connectivity index (χ0n) is 13.7. The molecule has 0 aliphatic rings. The first-order valence-corrected chi connectivity index (χ1v) is 8.05. The molecular weight excluding hydrogens is 366 g/mol. The molecule has 0 saturated carbocycles. The average Bonchev–Trinajstić information content (AvgIpc) is 2.58. The number of allylic oxidation sites excluding steroid dienone is 4. The third-order valence-corrected chi connectivity index (χ3v) is 4.01. The molecule has 0 saturated heterocycles. The van der Waals surface area contributed by atoms with Gasteiger partial charge in [0.05, 0.1) is 10.6 Å². The van der Waals surface area contributed by atoms with Crippen molar-refractivity contribution in [3.63, 3.8) is 0 Å². The first-order chi connectivity index (χ1) is 12.2. The molecule has 1 nitrogen and oxygen atoms in total. The lowest BCUT2D eigenvalue weighted by atomic mass is 9.87. The van der Waals surface area contributed by atoms with Crippen LogP contribution in [0.5, 0.6) is 0 Å². The number of alkyl halides is 3. The first-order valence-electron chi connectivity index (χ1n) is 7.67. The summed E-state index contributed by atoms with van der Waals surface area (Å²) in [6.45, 7) is 7.30. The van der Waals surface area contributed by atoms with Gasteiger partial charge in [0.15, 0.2) is 0 Å². The van der Waals surface area contributed by atoms with E-state index in [0.717, 1.165) is 17.7 Å². The van der Waals surface area contributed by atoms with E-state index >= 15 is 0 Å². The van der Waals surface area contributed by atoms with E-state index in [1.165, 1.54) is 6.20 Å². The Bertz CT molecular complexity index is 823. The molecule has 136 valence electrons. The molecule has 1 heterocycles. The molecular formula is C20H16ClF4N. The van der Waals surface area contributed by atoms with Gasteiger partial charge in [0.25, 0.3) is 0 Å². The summed E-state index contributed by atoms with van der Waals surface area (Å²) in [5, 5.41) is 0.397. The van der Waals surface area contributed by atoms with Gasteiger partial charge in [-0.25, -0.2) is 4.39 Å². The van der Waals surface area contributed by atoms with Gasteiger partial charge in [-0.1, -0.05) is 43.0 Å². The number of hydrogen-bond acceptors (Lipinski definition) is 1. The summed E-state index contributed by atoms with van der Waals surface area (Å²) in [7, 11) is 0. The van der Waals surface area contributed by atoms with Crippen LogP contribution in [0.25, 0.3) is 0 Å². The van der Waals surface area contributed by atoms with Crippen LogP contribution in [0, 0.1) is 5.82 Å². The predicted molar refractivity (Wildman–Crippen MR) is 95.6 cm³/mol. The molecule has 1 unspecified atom stereocenters. The highest BCUT2D eigenvalue weighted by Gasteiger charge is 2.32. The van der Waals surface area contributed by atoms with E-state index in [9.17, 15) is 17.6 Å². The van der Waals surface area contributed by atoms with Gasteiger partial charge in [-0.2, -0.15) is 13.2 Å². The average molecular weight is 382 g/mol. The quantitative estimate of drug-likeness (QED) is 0.400. The monoisotopic (exact) mass is 381 g/mol. The molecule has 2 aromatic rings. The maximum atomic E-state index is 13.9. The lowest BCUT2D eigenvalue weighted by Gasteiger charge is -2.19. The summed E-state index contributed by atoms with van der Waals surface area (Å²) in [5.41, 5.74) is 0.341. The van der Waals surface area contributed by atoms with Gasteiger partial charge >= 0.3 is 6.18 Å². The van der Waals surface area contributed by atoms with E-state index in [-0.39, 0.29) is 12.0 Å². The Morgan fingerprint density at radius 3 is 2.46 bits per heavy atom. The van der Waals surface area contributed by atoms with Gasteiger partial charge in [0, 0.05) is 17.8 Å². The third kappa shape index (κ3) is 5.05. The molecule has 6 heteroatoms. The van der Waals surface area contributed by atoms with Crippen LogP contribution in [0.2, 0.25) is 5.02 Å². The normalized spacial score (nSPS) is 13.3. The number of halogens is 5. The van der Waals surface area contributed by atoms with Crippen molar-refractivity contribution in [2.45, 2.75) is 18.5 Å². The van der Waals surface area contributed by atoms with Gasteiger partial charge < -0.3 is 0 Å². The van der Waals surface area contributed by atoms with E-state index in [0.29, 0.717) is 16.8 Å². The number of nitrogens with zero attached hydrogens (tertiary/aromatic N) is 1. The molecule has 2 rings (SSSR count). The minimum absolute atomic E-state index is 0.170. The van der Waals surface area contributed by atoms with Gasteiger partial charge in [0.1, 0.15) is 5.82 Å². The second-order valence-corrected chi connectivity index (χ2v) is 6.05. The molecule has 0 radical (unpaired) electrons. The van der Waals surface area contributed by atoms with Crippen molar-refractivity contribution in [3.05, 3.63) is 101 Å². The van der Waals surface area contributed by atoms with Crippen LogP contribution >= 0.6 is 11.6 Å². The fourth-order valence-corrected chi connectivity index (χ4v) is 2.68. The summed E-state index contributed by atoms with van der Waals surface area (Å²) in [6.07, 6.45) is 1.86. The summed E-state index contributed by atoms with van der Waals surface area (Å²) in [4.78, 5) is 4.20. The van der Waals surface area contributed by atoms with Gasteiger partial charge in [0.2, 0.25) is 0 Å². The second kappa shape index (κ2) is 8.32. The largest absolute Gasteiger partial charge is 0.416 e. The zero-order valence-corrected chi connectivity index (χ0v) is 14.5. The van der Waals surface area contributed by atoms with E-state index < -0.39 is 23.5 Å². The summed E-state index contributed by atoms with van der Waals surface area (Å²) in [5.74, 6) is -1.56. The molecule has 26 heavy (non-hydrogen) atoms. The molecule has 0 aliphatic heterocycles. The van der Waals surface area contributed by atoms with E-state index in [2.05, 4.69) is 18.1 Å². The Kier molecular flexibility index (Phi) is 6.37. The molecule has 0 spiro atoms. The van der Waals surface area contributed by atoms with Crippen molar-refractivity contribution < 1.29 is 17.6 Å². The predicted octanol–water partition coefficient (Wildman–Crippen LogP) is 6.71. The Hall–Kier alpha value is -2.40. The maximum Gasteiger partial charge on any atom is 0.416 e. The van der Waals surface area contributed by atoms with Crippen LogP contribution in [0.1, 0.15) is 29.2 Å². The fraction of sp³-hybridized carbons (Fsp3) is 0.150. The minimum atomic E-state index is -4.65. The standard InChI is InChI=1S/C20H16ClF4N/c1-3-5-13(4-2)8-18(19-7-6-16(21)12-26-19)14-9-15(20(23,24)25)11-17(22)10-14/h3-7,9-12,18H,1-2,8H2/b13-5+. The number of hydrogen-bond donors (Lipinski definition) is 0. The Labute approximate surface area is 154 Å². The fourth-order valence-electron chi connectivity index (χ4n) is 2.57. The number of rotatable bonds is 6. The molecule has 0 aliphatic carbocycles. The lowest BCUT2D eigenvalue weighted by Crippen LogP contribution is -2.10. The van der Waals surface area contributed by atoms with Crippen molar-refractivity contribution in [1.29, 1.82) is 0 Å². The Morgan fingerprint density at radius 1 is 1.19 bits per heavy atom. The molecule has 1 atom stereocenters. The highest BCUT2D eigenvalue weighted by molar-refractivity contribution is 6.30. The van der Waals surface area contributed by atoms with Crippen molar-refractivity contribution in [2.75, 3.05) is 0 Å². The van der Waals surface area contributed by atoms with E-state index in [4.69, 9.17) is 11.6 Å². The van der Waals surface area contributed by atoms with Crippen LogP contribution in [-0.2, 0) is 6.18 Å². The molecule has 0 N–H and O–H groups in total. The topological polar surface area (TPSA) is 12.9 Å². The van der Waals surface area contributed by atoms with Crippen LogP contribution in [0.15, 0.2) is 73.5 Å². The summed E-state index contributed by atoms with van der Waals surface area (Å²) in [6, 6.07) is 5.71. The lowest BCUT2D eigenvalue weighted by molar-refractivity contribution is -0.137. The molecule has 0 amide bonds. The molecule has 1 aromatic carbocycles. The highest BCUT2D eigenvalue weighted by atomic mass is 35.5. The number of aromatic nitrogens is 1. The SMILES string of the molecule is C=C/C=C(\C=C)CC(c1cc(F)cc(C(F)(F)F)c1)c1ccc(Cl)cn1. The van der Waals surface area contributed by atoms with Gasteiger partial charge in [-0.3, -0.25) is 4.98 Å². The summed E-state index contributed by atoms with van der Waals surface area (Å²) >= 11 is 5.84. The van der Waals surface area contributed by atoms with E-state index in [1.807, 2.05) is 0 Å². The third-order valence-electron chi connectivity index (χ3n) is 3.79. The van der Waals surface area contributed by atoms with Crippen LogP contribution in [0.4, 0.5) is 17.6 Å². The van der Waals surface area contributed by atoms with Crippen molar-refractivity contribution in [1.82, 2.24) is 4.98 Å². The smallest absolute Gasteiger partial charge is 0.259 e. The van der Waals surface area contributed by atoms with Crippen LogP contribution < -0.4 is 0 Å². The van der Waals surface area contributed by atoms with Crippen LogP contribution in [-0.4, -0.2) is 4.98 Å². The van der Waals surface area contributed by atoms with Gasteiger partial charge in [-0.15, -0.1) is 0 Å². The van der Waals surface area contributed by atoms with E-state index in [1.54, 1.807) is 30.4 Å². The van der Waals surface area contributed by atoms with Crippen LogP contribution in [0.3, 0.4) is 0 Å². The summed E-state index contributed by atoms with van der Waals surface area (Å²) < 4.78 is 53.1. The highest BCUT2D eigenvalue weighted by Crippen LogP contribution is 2.36. The number of benzene rings is 1. The maximum absolute atomic E-state index is 13.9. The zero-order chi connectivity index (χ0) is 19.3.